The number of ether oxygens (including phenoxy) is 3. The van der Waals surface area contributed by atoms with Gasteiger partial charge in [0.1, 0.15) is 13.2 Å². The fourth-order valence-electron chi connectivity index (χ4n) is 5.36. The van der Waals surface area contributed by atoms with Crippen molar-refractivity contribution in [2.45, 2.75) is 187 Å². The van der Waals surface area contributed by atoms with Gasteiger partial charge in [-0.2, -0.15) is 0 Å². The van der Waals surface area contributed by atoms with E-state index in [1.807, 2.05) is 6.08 Å². The molecule has 0 aliphatic heterocycles. The summed E-state index contributed by atoms with van der Waals surface area (Å²) in [5.74, 6) is -0.983. The molecule has 6 nitrogen and oxygen atoms in total. The first-order valence-electron chi connectivity index (χ1n) is 21.0. The first kappa shape index (κ1) is 48.9. The van der Waals surface area contributed by atoms with E-state index in [-0.39, 0.29) is 31.1 Å². The Labute approximate surface area is 319 Å². The van der Waals surface area contributed by atoms with Crippen LogP contribution in [0.15, 0.2) is 72.9 Å². The predicted molar refractivity (Wildman–Crippen MR) is 219 cm³/mol. The maximum Gasteiger partial charge on any atom is 0.306 e. The van der Waals surface area contributed by atoms with E-state index in [1.54, 1.807) is 0 Å². The van der Waals surface area contributed by atoms with Crippen LogP contribution in [-0.2, 0) is 28.6 Å². The molecule has 0 bridgehead atoms. The number of carbonyl (C=O) groups excluding carboxylic acids is 3. The van der Waals surface area contributed by atoms with Gasteiger partial charge in [-0.3, -0.25) is 14.4 Å². The molecule has 0 saturated carbocycles. The Hall–Kier alpha value is -3.15. The SMILES string of the molecule is CC\C=C/C=C\C=C/CCCCCCCC(=O)OCC(COC(=O)CCC/C=C\CCCCCC)OC(=O)CCCCCCC/C=C\C/C=C\CC. The molecule has 0 aliphatic carbocycles. The number of hydrogen-bond acceptors (Lipinski definition) is 6. The summed E-state index contributed by atoms with van der Waals surface area (Å²) in [4.78, 5) is 37.5. The standard InChI is InChI=1S/C46H76O6/c1-4-7-10-13-16-19-21-23-25-27-30-33-36-39-45(48)51-42-43(41-50-44(47)38-35-32-29-26-18-15-12-9-6-3)52-46(49)40-37-34-31-28-24-22-20-17-14-11-8-5-2/h7-8,10-11,13,16-17,19-21,26,29,43H,4-6,9,12,14-15,18,22-25,27-28,30-42H2,1-3H3/b10-7-,11-8-,16-13-,20-17-,21-19-,29-26-. The Bertz CT molecular complexity index is 1020. The normalized spacial score (nSPS) is 12.8. The van der Waals surface area contributed by atoms with Crippen LogP contribution in [0, 0.1) is 0 Å². The average molecular weight is 725 g/mol. The van der Waals surface area contributed by atoms with Crippen LogP contribution in [0.1, 0.15) is 181 Å². The number of carbonyl (C=O) groups is 3. The Kier molecular flexibility index (Phi) is 38.2. The van der Waals surface area contributed by atoms with Crippen LogP contribution in [0.2, 0.25) is 0 Å². The summed E-state index contributed by atoms with van der Waals surface area (Å²) in [6, 6.07) is 0. The zero-order valence-corrected chi connectivity index (χ0v) is 33.5. The Balaban J connectivity index is 4.47. The molecular weight excluding hydrogens is 648 g/mol. The van der Waals surface area contributed by atoms with Gasteiger partial charge in [0.15, 0.2) is 6.10 Å². The molecular formula is C46H76O6. The molecule has 6 heteroatoms. The number of allylic oxidation sites excluding steroid dienone is 12. The van der Waals surface area contributed by atoms with Crippen LogP contribution < -0.4 is 0 Å². The summed E-state index contributed by atoms with van der Waals surface area (Å²) in [6.07, 6.45) is 48.9. The topological polar surface area (TPSA) is 78.9 Å². The molecule has 0 aromatic heterocycles. The molecule has 0 fully saturated rings. The molecule has 0 saturated heterocycles. The van der Waals surface area contributed by atoms with Crippen LogP contribution in [0.25, 0.3) is 0 Å². The largest absolute Gasteiger partial charge is 0.462 e. The van der Waals surface area contributed by atoms with E-state index in [4.69, 9.17) is 14.2 Å². The van der Waals surface area contributed by atoms with Gasteiger partial charge in [0, 0.05) is 19.3 Å². The van der Waals surface area contributed by atoms with Gasteiger partial charge in [-0.1, -0.05) is 151 Å². The minimum Gasteiger partial charge on any atom is -0.462 e. The maximum atomic E-state index is 12.7. The van der Waals surface area contributed by atoms with Gasteiger partial charge in [-0.15, -0.1) is 0 Å². The van der Waals surface area contributed by atoms with Gasteiger partial charge in [0.05, 0.1) is 0 Å². The van der Waals surface area contributed by atoms with Gasteiger partial charge in [0.2, 0.25) is 0 Å². The zero-order valence-electron chi connectivity index (χ0n) is 33.5. The van der Waals surface area contributed by atoms with Crippen molar-refractivity contribution in [1.82, 2.24) is 0 Å². The van der Waals surface area contributed by atoms with Gasteiger partial charge >= 0.3 is 17.9 Å². The minimum absolute atomic E-state index is 0.102. The molecule has 0 spiro atoms. The second-order valence-corrected chi connectivity index (χ2v) is 13.5. The Morgan fingerprint density at radius 3 is 1.46 bits per heavy atom. The van der Waals surface area contributed by atoms with Gasteiger partial charge in [-0.05, 0) is 83.5 Å². The van der Waals surface area contributed by atoms with E-state index in [1.165, 1.54) is 25.7 Å². The summed E-state index contributed by atoms with van der Waals surface area (Å²) in [5, 5.41) is 0. The van der Waals surface area contributed by atoms with Gasteiger partial charge in [-0.25, -0.2) is 0 Å². The number of unbranched alkanes of at least 4 members (excludes halogenated alkanes) is 15. The molecule has 0 aliphatic rings. The number of hydrogen-bond donors (Lipinski definition) is 0. The van der Waals surface area contributed by atoms with Crippen molar-refractivity contribution in [1.29, 1.82) is 0 Å². The van der Waals surface area contributed by atoms with Crippen molar-refractivity contribution in [3.8, 4) is 0 Å². The molecule has 0 rings (SSSR count). The summed E-state index contributed by atoms with van der Waals surface area (Å²) >= 11 is 0. The lowest BCUT2D eigenvalue weighted by molar-refractivity contribution is -0.167. The molecule has 1 atom stereocenters. The highest BCUT2D eigenvalue weighted by molar-refractivity contribution is 5.71. The molecule has 0 aromatic carbocycles. The molecule has 0 aromatic rings. The quantitative estimate of drug-likeness (QED) is 0.0210. The maximum absolute atomic E-state index is 12.7. The van der Waals surface area contributed by atoms with E-state index in [2.05, 4.69) is 87.6 Å². The monoisotopic (exact) mass is 725 g/mol. The van der Waals surface area contributed by atoms with E-state index in [9.17, 15) is 14.4 Å². The third kappa shape index (κ3) is 38.1. The second-order valence-electron chi connectivity index (χ2n) is 13.5. The Morgan fingerprint density at radius 1 is 0.423 bits per heavy atom. The highest BCUT2D eigenvalue weighted by atomic mass is 16.6. The predicted octanol–water partition coefficient (Wildman–Crippen LogP) is 13.1. The lowest BCUT2D eigenvalue weighted by Crippen LogP contribution is -2.30. The fraction of sp³-hybridized carbons (Fsp3) is 0.674. The minimum atomic E-state index is -0.798. The van der Waals surface area contributed by atoms with Crippen LogP contribution in [0.4, 0.5) is 0 Å². The first-order chi connectivity index (χ1) is 25.5. The molecule has 1 unspecified atom stereocenters. The van der Waals surface area contributed by atoms with Crippen molar-refractivity contribution < 1.29 is 28.6 Å². The van der Waals surface area contributed by atoms with Crippen molar-refractivity contribution in [3.05, 3.63) is 72.9 Å². The number of esters is 3. The third-order valence-electron chi connectivity index (χ3n) is 8.49. The van der Waals surface area contributed by atoms with Gasteiger partial charge in [0.25, 0.3) is 0 Å². The highest BCUT2D eigenvalue weighted by Gasteiger charge is 2.19. The molecule has 0 radical (unpaired) electrons. The summed E-state index contributed by atoms with van der Waals surface area (Å²) in [5.41, 5.74) is 0. The van der Waals surface area contributed by atoms with Crippen molar-refractivity contribution >= 4 is 17.9 Å². The van der Waals surface area contributed by atoms with Crippen LogP contribution in [0.3, 0.4) is 0 Å². The first-order valence-corrected chi connectivity index (χ1v) is 21.0. The summed E-state index contributed by atoms with van der Waals surface area (Å²) < 4.78 is 16.6. The zero-order chi connectivity index (χ0) is 38.0. The van der Waals surface area contributed by atoms with E-state index in [0.29, 0.717) is 25.7 Å². The number of rotatable bonds is 36. The summed E-state index contributed by atoms with van der Waals surface area (Å²) in [6.45, 7) is 6.27. The molecule has 0 amide bonds. The molecule has 296 valence electrons. The fourth-order valence-corrected chi connectivity index (χ4v) is 5.36. The second kappa shape index (κ2) is 40.6. The van der Waals surface area contributed by atoms with Crippen molar-refractivity contribution in [3.63, 3.8) is 0 Å². The molecule has 0 heterocycles. The lowest BCUT2D eigenvalue weighted by atomic mass is 10.1. The smallest absolute Gasteiger partial charge is 0.306 e. The average Bonchev–Trinajstić information content (AvgIpc) is 3.14. The molecule has 52 heavy (non-hydrogen) atoms. The lowest BCUT2D eigenvalue weighted by Gasteiger charge is -2.18. The van der Waals surface area contributed by atoms with Crippen LogP contribution in [-0.4, -0.2) is 37.2 Å². The van der Waals surface area contributed by atoms with E-state index in [0.717, 1.165) is 109 Å². The highest BCUT2D eigenvalue weighted by Crippen LogP contribution is 2.12. The van der Waals surface area contributed by atoms with Crippen molar-refractivity contribution in [2.75, 3.05) is 13.2 Å². The van der Waals surface area contributed by atoms with E-state index >= 15 is 0 Å². The summed E-state index contributed by atoms with van der Waals surface area (Å²) in [7, 11) is 0. The third-order valence-corrected chi connectivity index (χ3v) is 8.49. The Morgan fingerprint density at radius 2 is 0.865 bits per heavy atom. The van der Waals surface area contributed by atoms with Crippen LogP contribution >= 0.6 is 0 Å². The van der Waals surface area contributed by atoms with Gasteiger partial charge < -0.3 is 14.2 Å². The molecule has 0 N–H and O–H groups in total. The van der Waals surface area contributed by atoms with E-state index < -0.39 is 6.10 Å². The van der Waals surface area contributed by atoms with Crippen LogP contribution in [0.5, 0.6) is 0 Å². The van der Waals surface area contributed by atoms with Crippen molar-refractivity contribution in [2.24, 2.45) is 0 Å².